The van der Waals surface area contributed by atoms with Gasteiger partial charge in [0, 0.05) is 34.0 Å². The van der Waals surface area contributed by atoms with Gasteiger partial charge in [0.25, 0.3) is 0 Å². The van der Waals surface area contributed by atoms with Crippen LogP contribution in [0.2, 0.25) is 5.02 Å². The van der Waals surface area contributed by atoms with Crippen LogP contribution < -0.4 is 14.2 Å². The summed E-state index contributed by atoms with van der Waals surface area (Å²) in [4.78, 5) is 23.7. The van der Waals surface area contributed by atoms with Gasteiger partial charge in [-0.25, -0.2) is 9.59 Å². The number of esters is 2. The summed E-state index contributed by atoms with van der Waals surface area (Å²) >= 11 is 6.10. The zero-order valence-electron chi connectivity index (χ0n) is 14.7. The molecule has 0 aliphatic rings. The van der Waals surface area contributed by atoms with Crippen LogP contribution in [0.1, 0.15) is 0 Å². The summed E-state index contributed by atoms with van der Waals surface area (Å²) in [6, 6.07) is 15.2. The Morgan fingerprint density at radius 1 is 0.821 bits per heavy atom. The van der Waals surface area contributed by atoms with Crippen molar-refractivity contribution in [3.05, 3.63) is 84.9 Å². The van der Waals surface area contributed by atoms with E-state index < -0.39 is 11.9 Å². The van der Waals surface area contributed by atoms with Crippen molar-refractivity contribution >= 4 is 34.3 Å². The second-order valence-corrected chi connectivity index (χ2v) is 5.99. The van der Waals surface area contributed by atoms with Gasteiger partial charge in [-0.05, 0) is 30.3 Å². The molecule has 28 heavy (non-hydrogen) atoms. The van der Waals surface area contributed by atoms with Gasteiger partial charge < -0.3 is 14.2 Å². The van der Waals surface area contributed by atoms with E-state index in [1.54, 1.807) is 42.5 Å². The van der Waals surface area contributed by atoms with E-state index in [2.05, 4.69) is 13.2 Å². The molecule has 5 nitrogen and oxygen atoms in total. The summed E-state index contributed by atoms with van der Waals surface area (Å²) in [6.45, 7) is 6.82. The quantitative estimate of drug-likeness (QED) is 0.315. The zero-order valence-corrected chi connectivity index (χ0v) is 15.4. The third kappa shape index (κ3) is 4.22. The van der Waals surface area contributed by atoms with Gasteiger partial charge in [0.2, 0.25) is 0 Å². The summed E-state index contributed by atoms with van der Waals surface area (Å²) < 4.78 is 16.6. The Morgan fingerprint density at radius 3 is 2.18 bits per heavy atom. The Balaban J connectivity index is 2.24. The molecule has 0 N–H and O–H groups in total. The average Bonchev–Trinajstić information content (AvgIpc) is 2.71. The van der Waals surface area contributed by atoms with Crippen LogP contribution >= 0.6 is 11.6 Å². The second-order valence-electron chi connectivity index (χ2n) is 5.56. The van der Waals surface area contributed by atoms with Gasteiger partial charge in [-0.2, -0.15) is 0 Å². The van der Waals surface area contributed by atoms with Gasteiger partial charge in [-0.15, -0.1) is 0 Å². The standard InChI is InChI=1S/C22H15ClO5/c1-3-20(24)27-18-13-19(26-15-8-6-5-7-9-15)22(28-21(25)4-2)16-11-10-14(23)12-17(16)18/h3-13H,1-2H2. The number of halogens is 1. The van der Waals surface area contributed by atoms with Crippen molar-refractivity contribution in [1.29, 1.82) is 0 Å². The number of carbonyl (C=O) groups is 2. The Labute approximate surface area is 166 Å². The molecule has 0 saturated heterocycles. The van der Waals surface area contributed by atoms with E-state index >= 15 is 0 Å². The number of fused-ring (bicyclic) bond motifs is 1. The second kappa shape index (κ2) is 8.41. The number of carbonyl (C=O) groups excluding carboxylic acids is 2. The lowest BCUT2D eigenvalue weighted by molar-refractivity contribution is -0.130. The Hall–Kier alpha value is -3.57. The van der Waals surface area contributed by atoms with E-state index in [1.165, 1.54) is 6.07 Å². The molecule has 0 saturated carbocycles. The molecule has 3 rings (SSSR count). The molecule has 3 aromatic carbocycles. The number of para-hydroxylation sites is 1. The van der Waals surface area contributed by atoms with E-state index in [1.807, 2.05) is 6.07 Å². The van der Waals surface area contributed by atoms with Gasteiger partial charge in [-0.3, -0.25) is 0 Å². The van der Waals surface area contributed by atoms with Gasteiger partial charge >= 0.3 is 11.9 Å². The lowest BCUT2D eigenvalue weighted by atomic mass is 10.1. The third-order valence-electron chi connectivity index (χ3n) is 3.70. The topological polar surface area (TPSA) is 61.8 Å². The fourth-order valence-corrected chi connectivity index (χ4v) is 2.66. The van der Waals surface area contributed by atoms with Crippen molar-refractivity contribution in [2.24, 2.45) is 0 Å². The molecule has 0 spiro atoms. The highest BCUT2D eigenvalue weighted by molar-refractivity contribution is 6.31. The Morgan fingerprint density at radius 2 is 1.50 bits per heavy atom. The molecule has 0 aromatic heterocycles. The smallest absolute Gasteiger partial charge is 0.335 e. The first kappa shape index (κ1) is 19.2. The van der Waals surface area contributed by atoms with Gasteiger partial charge in [-0.1, -0.05) is 43.0 Å². The van der Waals surface area contributed by atoms with E-state index in [0.29, 0.717) is 21.5 Å². The monoisotopic (exact) mass is 394 g/mol. The third-order valence-corrected chi connectivity index (χ3v) is 3.93. The molecule has 0 atom stereocenters. The minimum Gasteiger partial charge on any atom is -0.453 e. The molecule has 0 bridgehead atoms. The highest BCUT2D eigenvalue weighted by Crippen LogP contribution is 2.44. The van der Waals surface area contributed by atoms with Gasteiger partial charge in [0.15, 0.2) is 11.5 Å². The molecule has 6 heteroatoms. The first-order valence-electron chi connectivity index (χ1n) is 8.19. The molecule has 3 aromatic rings. The van der Waals surface area contributed by atoms with Crippen molar-refractivity contribution in [2.45, 2.75) is 0 Å². The van der Waals surface area contributed by atoms with Gasteiger partial charge in [0.1, 0.15) is 11.5 Å². The number of hydrogen-bond acceptors (Lipinski definition) is 5. The Kier molecular flexibility index (Phi) is 5.77. The average molecular weight is 395 g/mol. The maximum absolute atomic E-state index is 11.9. The number of hydrogen-bond donors (Lipinski definition) is 0. The fourth-order valence-electron chi connectivity index (χ4n) is 2.49. The number of ether oxygens (including phenoxy) is 3. The van der Waals surface area contributed by atoms with Crippen LogP contribution in [-0.4, -0.2) is 11.9 Å². The van der Waals surface area contributed by atoms with Crippen LogP contribution in [0.5, 0.6) is 23.0 Å². The van der Waals surface area contributed by atoms with Crippen molar-refractivity contribution in [1.82, 2.24) is 0 Å². The number of rotatable bonds is 6. The van der Waals surface area contributed by atoms with E-state index in [9.17, 15) is 9.59 Å². The van der Waals surface area contributed by atoms with Crippen molar-refractivity contribution in [2.75, 3.05) is 0 Å². The molecule has 0 fully saturated rings. The molecule has 140 valence electrons. The van der Waals surface area contributed by atoms with E-state index in [4.69, 9.17) is 25.8 Å². The molecule has 0 radical (unpaired) electrons. The molecular formula is C22H15ClO5. The van der Waals surface area contributed by atoms with Crippen molar-refractivity contribution < 1.29 is 23.8 Å². The summed E-state index contributed by atoms with van der Waals surface area (Å²) in [7, 11) is 0. The molecule has 0 amide bonds. The zero-order chi connectivity index (χ0) is 20.1. The normalized spacial score (nSPS) is 10.2. The lowest BCUT2D eigenvalue weighted by Gasteiger charge is -2.16. The maximum Gasteiger partial charge on any atom is 0.335 e. The maximum atomic E-state index is 11.9. The number of benzene rings is 3. The first-order valence-corrected chi connectivity index (χ1v) is 8.57. The summed E-state index contributed by atoms with van der Waals surface area (Å²) in [6.07, 6.45) is 2.08. The van der Waals surface area contributed by atoms with E-state index in [0.717, 1.165) is 12.2 Å². The van der Waals surface area contributed by atoms with Crippen molar-refractivity contribution in [3.8, 4) is 23.0 Å². The van der Waals surface area contributed by atoms with Gasteiger partial charge in [0.05, 0.1) is 0 Å². The van der Waals surface area contributed by atoms with Crippen LogP contribution in [-0.2, 0) is 9.59 Å². The molecule has 0 unspecified atom stereocenters. The van der Waals surface area contributed by atoms with Crippen LogP contribution in [0.3, 0.4) is 0 Å². The summed E-state index contributed by atoms with van der Waals surface area (Å²) in [5.74, 6) is -0.283. The minimum atomic E-state index is -0.662. The lowest BCUT2D eigenvalue weighted by Crippen LogP contribution is -2.07. The van der Waals surface area contributed by atoms with Crippen molar-refractivity contribution in [3.63, 3.8) is 0 Å². The SMILES string of the molecule is C=CC(=O)Oc1cc(Oc2ccccc2)c(OC(=O)C=C)c2ccc(Cl)cc12. The predicted molar refractivity (Wildman–Crippen MR) is 107 cm³/mol. The summed E-state index contributed by atoms with van der Waals surface area (Å²) in [5, 5.41) is 1.36. The first-order chi connectivity index (χ1) is 13.5. The highest BCUT2D eigenvalue weighted by atomic mass is 35.5. The Bertz CT molecular complexity index is 1070. The molecule has 0 aliphatic carbocycles. The largest absolute Gasteiger partial charge is 0.453 e. The summed E-state index contributed by atoms with van der Waals surface area (Å²) in [5.41, 5.74) is 0. The van der Waals surface area contributed by atoms with E-state index in [-0.39, 0.29) is 17.2 Å². The molecular weight excluding hydrogens is 380 g/mol. The van der Waals surface area contributed by atoms with Crippen LogP contribution in [0.4, 0.5) is 0 Å². The minimum absolute atomic E-state index is 0.152. The van der Waals surface area contributed by atoms with Crippen LogP contribution in [0.25, 0.3) is 10.8 Å². The predicted octanol–water partition coefficient (Wildman–Crippen LogP) is 5.47. The fraction of sp³-hybridized carbons (Fsp3) is 0. The highest BCUT2D eigenvalue weighted by Gasteiger charge is 2.20. The van der Waals surface area contributed by atoms with Crippen LogP contribution in [0.15, 0.2) is 79.9 Å². The molecule has 0 heterocycles. The van der Waals surface area contributed by atoms with Crippen LogP contribution in [0, 0.1) is 0 Å². The molecule has 0 aliphatic heterocycles.